The fourth-order valence-corrected chi connectivity index (χ4v) is 2.20. The summed E-state index contributed by atoms with van der Waals surface area (Å²) in [7, 11) is 0. The molecule has 1 aromatic heterocycles. The van der Waals surface area contributed by atoms with Crippen LogP contribution in [0.4, 0.5) is 4.39 Å². The summed E-state index contributed by atoms with van der Waals surface area (Å²) >= 11 is 0. The van der Waals surface area contributed by atoms with E-state index in [0.29, 0.717) is 6.42 Å². The highest BCUT2D eigenvalue weighted by molar-refractivity contribution is 5.67. The molecule has 0 amide bonds. The summed E-state index contributed by atoms with van der Waals surface area (Å²) in [4.78, 5) is 25.9. The molecule has 2 rings (SSSR count). The van der Waals surface area contributed by atoms with Crippen LogP contribution in [-0.2, 0) is 0 Å². The second-order valence-corrected chi connectivity index (χ2v) is 4.68. The standard InChI is InChI=1S/C15H15FN2O3/c1-3-6-9(2)18-14(20)12(13(19)17-15(18)21)10-7-4-5-8-11(10)16/h3-5,7-9,20H,1,6H2,2H3,(H,17,19,21). The summed E-state index contributed by atoms with van der Waals surface area (Å²) in [6.45, 7) is 5.26. The van der Waals surface area contributed by atoms with E-state index in [4.69, 9.17) is 0 Å². The van der Waals surface area contributed by atoms with Crippen molar-refractivity contribution in [2.75, 3.05) is 0 Å². The average Bonchev–Trinajstić information content (AvgIpc) is 2.40. The summed E-state index contributed by atoms with van der Waals surface area (Å²) in [5.74, 6) is -1.21. The lowest BCUT2D eigenvalue weighted by Gasteiger charge is -2.16. The Hall–Kier alpha value is -2.63. The Morgan fingerprint density at radius 3 is 2.71 bits per heavy atom. The third-order valence-electron chi connectivity index (χ3n) is 3.21. The second-order valence-electron chi connectivity index (χ2n) is 4.68. The predicted octanol–water partition coefficient (Wildman–Crippen LogP) is 2.19. The topological polar surface area (TPSA) is 75.1 Å². The molecule has 6 heteroatoms. The van der Waals surface area contributed by atoms with Crippen molar-refractivity contribution in [1.29, 1.82) is 0 Å². The molecule has 0 fully saturated rings. The molecule has 0 spiro atoms. The third-order valence-corrected chi connectivity index (χ3v) is 3.21. The van der Waals surface area contributed by atoms with Crippen LogP contribution in [0.3, 0.4) is 0 Å². The quantitative estimate of drug-likeness (QED) is 0.847. The van der Waals surface area contributed by atoms with Crippen molar-refractivity contribution < 1.29 is 9.50 Å². The normalized spacial score (nSPS) is 12.1. The molecular weight excluding hydrogens is 275 g/mol. The van der Waals surface area contributed by atoms with Gasteiger partial charge in [0.05, 0.1) is 0 Å². The van der Waals surface area contributed by atoms with Crippen LogP contribution in [0.25, 0.3) is 11.1 Å². The van der Waals surface area contributed by atoms with Crippen molar-refractivity contribution in [3.63, 3.8) is 0 Å². The van der Waals surface area contributed by atoms with Crippen LogP contribution in [-0.4, -0.2) is 14.7 Å². The van der Waals surface area contributed by atoms with Crippen molar-refractivity contribution in [3.05, 3.63) is 63.6 Å². The molecule has 0 bridgehead atoms. The van der Waals surface area contributed by atoms with Crippen LogP contribution >= 0.6 is 0 Å². The fraction of sp³-hybridized carbons (Fsp3) is 0.200. The van der Waals surface area contributed by atoms with E-state index in [2.05, 4.69) is 11.6 Å². The van der Waals surface area contributed by atoms with E-state index in [0.717, 1.165) is 4.57 Å². The van der Waals surface area contributed by atoms with E-state index in [1.807, 2.05) is 0 Å². The highest BCUT2D eigenvalue weighted by atomic mass is 19.1. The Morgan fingerprint density at radius 2 is 2.10 bits per heavy atom. The number of rotatable bonds is 4. The number of aromatic hydroxyl groups is 1. The van der Waals surface area contributed by atoms with Gasteiger partial charge in [0.25, 0.3) is 5.56 Å². The molecule has 0 aliphatic carbocycles. The van der Waals surface area contributed by atoms with Gasteiger partial charge < -0.3 is 5.11 Å². The van der Waals surface area contributed by atoms with Gasteiger partial charge in [0.2, 0.25) is 5.88 Å². The van der Waals surface area contributed by atoms with E-state index < -0.39 is 29.0 Å². The Bertz CT molecular complexity index is 792. The van der Waals surface area contributed by atoms with E-state index in [1.165, 1.54) is 18.2 Å². The molecule has 0 saturated carbocycles. The van der Waals surface area contributed by atoms with Crippen molar-refractivity contribution in [2.24, 2.45) is 0 Å². The molecule has 5 nitrogen and oxygen atoms in total. The number of allylic oxidation sites excluding steroid dienone is 1. The Morgan fingerprint density at radius 1 is 1.43 bits per heavy atom. The number of halogens is 1. The maximum Gasteiger partial charge on any atom is 0.331 e. The van der Waals surface area contributed by atoms with Crippen LogP contribution in [0.5, 0.6) is 5.88 Å². The van der Waals surface area contributed by atoms with Crippen LogP contribution < -0.4 is 11.2 Å². The summed E-state index contributed by atoms with van der Waals surface area (Å²) < 4.78 is 14.9. The second kappa shape index (κ2) is 5.78. The number of hydrogen-bond acceptors (Lipinski definition) is 3. The van der Waals surface area contributed by atoms with Crippen LogP contribution in [0.2, 0.25) is 0 Å². The van der Waals surface area contributed by atoms with E-state index >= 15 is 0 Å². The summed E-state index contributed by atoms with van der Waals surface area (Å²) in [6, 6.07) is 5.14. The molecule has 1 heterocycles. The summed E-state index contributed by atoms with van der Waals surface area (Å²) in [6.07, 6.45) is 2.00. The smallest absolute Gasteiger partial charge is 0.331 e. The maximum atomic E-state index is 13.8. The van der Waals surface area contributed by atoms with E-state index in [1.54, 1.807) is 19.1 Å². The molecule has 1 atom stereocenters. The molecule has 1 aromatic carbocycles. The number of H-pyrrole nitrogens is 1. The highest BCUT2D eigenvalue weighted by Crippen LogP contribution is 2.28. The zero-order valence-electron chi connectivity index (χ0n) is 11.5. The minimum Gasteiger partial charge on any atom is -0.494 e. The van der Waals surface area contributed by atoms with Gasteiger partial charge in [-0.05, 0) is 19.4 Å². The third kappa shape index (κ3) is 2.65. The van der Waals surface area contributed by atoms with Crippen molar-refractivity contribution in [1.82, 2.24) is 9.55 Å². The Kier molecular flexibility index (Phi) is 4.07. The molecule has 1 unspecified atom stereocenters. The van der Waals surface area contributed by atoms with Gasteiger partial charge in [-0.15, -0.1) is 6.58 Å². The van der Waals surface area contributed by atoms with Gasteiger partial charge in [-0.2, -0.15) is 0 Å². The minimum atomic E-state index is -0.829. The zero-order valence-corrected chi connectivity index (χ0v) is 11.5. The van der Waals surface area contributed by atoms with Crippen molar-refractivity contribution in [2.45, 2.75) is 19.4 Å². The van der Waals surface area contributed by atoms with Crippen LogP contribution in [0.1, 0.15) is 19.4 Å². The minimum absolute atomic E-state index is 0.0594. The van der Waals surface area contributed by atoms with Crippen molar-refractivity contribution in [3.8, 4) is 17.0 Å². The molecule has 110 valence electrons. The van der Waals surface area contributed by atoms with Gasteiger partial charge in [0.1, 0.15) is 11.4 Å². The molecular formula is C15H15FN2O3. The van der Waals surface area contributed by atoms with Gasteiger partial charge in [-0.25, -0.2) is 9.18 Å². The maximum absolute atomic E-state index is 13.8. The molecule has 0 aliphatic heterocycles. The fourth-order valence-electron chi connectivity index (χ4n) is 2.20. The lowest BCUT2D eigenvalue weighted by atomic mass is 10.1. The number of benzene rings is 1. The first-order valence-corrected chi connectivity index (χ1v) is 6.41. The number of hydrogen-bond donors (Lipinski definition) is 2. The number of nitrogens with one attached hydrogen (secondary N) is 1. The molecule has 0 radical (unpaired) electrons. The highest BCUT2D eigenvalue weighted by Gasteiger charge is 2.20. The predicted molar refractivity (Wildman–Crippen MR) is 77.9 cm³/mol. The van der Waals surface area contributed by atoms with Gasteiger partial charge in [0.15, 0.2) is 0 Å². The number of aromatic nitrogens is 2. The zero-order chi connectivity index (χ0) is 15.6. The molecule has 0 saturated heterocycles. The molecule has 0 aliphatic rings. The monoisotopic (exact) mass is 290 g/mol. The van der Waals surface area contributed by atoms with Crippen LogP contribution in [0, 0.1) is 5.82 Å². The Balaban J connectivity index is 2.77. The number of aromatic amines is 1. The lowest BCUT2D eigenvalue weighted by molar-refractivity contribution is 0.374. The van der Waals surface area contributed by atoms with Gasteiger partial charge in [0, 0.05) is 11.6 Å². The first-order valence-electron chi connectivity index (χ1n) is 6.41. The SMILES string of the molecule is C=CCC(C)n1c(O)c(-c2ccccc2F)c(=O)[nH]c1=O. The van der Waals surface area contributed by atoms with Gasteiger partial charge >= 0.3 is 5.69 Å². The van der Waals surface area contributed by atoms with Gasteiger partial charge in [-0.3, -0.25) is 14.3 Å². The number of nitrogens with zero attached hydrogens (tertiary/aromatic N) is 1. The van der Waals surface area contributed by atoms with E-state index in [-0.39, 0.29) is 11.1 Å². The van der Waals surface area contributed by atoms with Crippen LogP contribution in [0.15, 0.2) is 46.5 Å². The lowest BCUT2D eigenvalue weighted by Crippen LogP contribution is -2.32. The Labute approximate surface area is 120 Å². The molecule has 2 aromatic rings. The average molecular weight is 290 g/mol. The van der Waals surface area contributed by atoms with Gasteiger partial charge in [-0.1, -0.05) is 24.3 Å². The largest absolute Gasteiger partial charge is 0.494 e. The summed E-state index contributed by atoms with van der Waals surface area (Å²) in [5.41, 5.74) is -1.89. The summed E-state index contributed by atoms with van der Waals surface area (Å²) in [5, 5.41) is 10.3. The first kappa shape index (κ1) is 14.8. The molecule has 2 N–H and O–H groups in total. The first-order chi connectivity index (χ1) is 9.97. The van der Waals surface area contributed by atoms with Crippen molar-refractivity contribution >= 4 is 0 Å². The molecule has 21 heavy (non-hydrogen) atoms. The van der Waals surface area contributed by atoms with E-state index in [9.17, 15) is 19.1 Å².